The fourth-order valence-electron chi connectivity index (χ4n) is 3.81. The number of ether oxygens (including phenoxy) is 1. The molecule has 0 bridgehead atoms. The van der Waals surface area contributed by atoms with Gasteiger partial charge in [-0.3, -0.25) is 4.79 Å². The molecule has 0 aromatic heterocycles. The quantitative estimate of drug-likeness (QED) is 0.656. The zero-order valence-corrected chi connectivity index (χ0v) is 20.2. The van der Waals surface area contributed by atoms with Crippen molar-refractivity contribution in [2.24, 2.45) is 0 Å². The summed E-state index contributed by atoms with van der Waals surface area (Å²) in [5.41, 5.74) is 1.16. The summed E-state index contributed by atoms with van der Waals surface area (Å²) in [6.45, 7) is 7.03. The van der Waals surface area contributed by atoms with Gasteiger partial charge < -0.3 is 19.6 Å². The Kier molecular flexibility index (Phi) is 7.64. The average Bonchev–Trinajstić information content (AvgIpc) is 2.77. The molecule has 1 N–H and O–H groups in total. The van der Waals surface area contributed by atoms with E-state index in [2.05, 4.69) is 0 Å². The second-order valence-electron chi connectivity index (χ2n) is 8.51. The summed E-state index contributed by atoms with van der Waals surface area (Å²) in [6.07, 6.45) is 0.711. The second kappa shape index (κ2) is 10.1. The minimum Gasteiger partial charge on any atom is -0.490 e. The highest BCUT2D eigenvalue weighted by atomic mass is 32.2. The van der Waals surface area contributed by atoms with Crippen LogP contribution in [0.2, 0.25) is 0 Å². The van der Waals surface area contributed by atoms with E-state index in [1.807, 2.05) is 25.7 Å². The van der Waals surface area contributed by atoms with Gasteiger partial charge in [-0.25, -0.2) is 12.8 Å². The van der Waals surface area contributed by atoms with Crippen molar-refractivity contribution in [1.29, 1.82) is 0 Å². The molecule has 180 valence electrons. The molecule has 2 aromatic rings. The van der Waals surface area contributed by atoms with Gasteiger partial charge in [0.25, 0.3) is 5.91 Å². The molecule has 9 heteroatoms. The number of hydrogen-bond donors (Lipinski definition) is 1. The van der Waals surface area contributed by atoms with Gasteiger partial charge in [0.1, 0.15) is 11.6 Å². The van der Waals surface area contributed by atoms with Crippen LogP contribution in [0.3, 0.4) is 0 Å². The molecule has 7 nitrogen and oxygen atoms in total. The largest absolute Gasteiger partial charge is 0.490 e. The summed E-state index contributed by atoms with van der Waals surface area (Å²) >= 11 is 0. The number of sulfone groups is 1. The van der Waals surface area contributed by atoms with E-state index in [0.717, 1.165) is 6.26 Å². The molecule has 33 heavy (non-hydrogen) atoms. The van der Waals surface area contributed by atoms with E-state index in [4.69, 9.17) is 4.74 Å². The summed E-state index contributed by atoms with van der Waals surface area (Å²) in [6, 6.07) is 9.04. The normalized spacial score (nSPS) is 15.6. The molecular formula is C24H31FN2O5S. The highest BCUT2D eigenvalue weighted by Crippen LogP contribution is 2.28. The SMILES string of the molecule is CCC(O)c1ccc(N2CCN(C(=O)c3cc(S(C)(=O)=O)ccc3OC(C)C)CC2)c(F)c1. The number of hydrogen-bond acceptors (Lipinski definition) is 6. The summed E-state index contributed by atoms with van der Waals surface area (Å²) in [4.78, 5) is 16.8. The smallest absolute Gasteiger partial charge is 0.257 e. The molecular weight excluding hydrogens is 447 g/mol. The van der Waals surface area contributed by atoms with Gasteiger partial charge in [-0.15, -0.1) is 0 Å². The predicted molar refractivity (Wildman–Crippen MR) is 125 cm³/mol. The number of carbonyl (C=O) groups is 1. The van der Waals surface area contributed by atoms with Crippen molar-refractivity contribution in [3.05, 3.63) is 53.3 Å². The molecule has 0 radical (unpaired) electrons. The molecule has 0 saturated carbocycles. The lowest BCUT2D eigenvalue weighted by molar-refractivity contribution is 0.0740. The molecule has 1 heterocycles. The first kappa shape index (κ1) is 25.0. The Bertz CT molecular complexity index is 1110. The Balaban J connectivity index is 1.78. The van der Waals surface area contributed by atoms with Gasteiger partial charge in [-0.05, 0) is 56.2 Å². The highest BCUT2D eigenvalue weighted by molar-refractivity contribution is 7.90. The number of anilines is 1. The lowest BCUT2D eigenvalue weighted by atomic mass is 10.1. The number of aliphatic hydroxyl groups is 1. The van der Waals surface area contributed by atoms with Crippen LogP contribution in [0.15, 0.2) is 41.3 Å². The standard InChI is InChI=1S/C24H31FN2O5S/c1-5-22(28)17-6-8-21(20(25)14-17)26-10-12-27(13-11-26)24(29)19-15-18(33(4,30)31)7-9-23(19)32-16(2)3/h6-9,14-16,22,28H,5,10-13H2,1-4H3. The van der Waals surface area contributed by atoms with Crippen LogP contribution < -0.4 is 9.64 Å². The van der Waals surface area contributed by atoms with Crippen LogP contribution in [0.1, 0.15) is 49.2 Å². The van der Waals surface area contributed by atoms with Gasteiger partial charge >= 0.3 is 0 Å². The molecule has 1 atom stereocenters. The fraction of sp³-hybridized carbons (Fsp3) is 0.458. The van der Waals surface area contributed by atoms with Crippen molar-refractivity contribution in [1.82, 2.24) is 4.90 Å². The first-order valence-electron chi connectivity index (χ1n) is 11.0. The summed E-state index contributed by atoms with van der Waals surface area (Å²) in [5.74, 6) is -0.396. The van der Waals surface area contributed by atoms with Crippen LogP contribution in [0, 0.1) is 5.82 Å². The number of aliphatic hydroxyl groups excluding tert-OH is 1. The molecule has 0 aliphatic carbocycles. The van der Waals surface area contributed by atoms with Crippen molar-refractivity contribution < 1.29 is 27.4 Å². The monoisotopic (exact) mass is 478 g/mol. The summed E-state index contributed by atoms with van der Waals surface area (Å²) in [7, 11) is -3.49. The van der Waals surface area contributed by atoms with E-state index in [1.165, 1.54) is 24.3 Å². The fourth-order valence-corrected chi connectivity index (χ4v) is 4.45. The number of piperazine rings is 1. The van der Waals surface area contributed by atoms with E-state index in [1.54, 1.807) is 17.0 Å². The second-order valence-corrected chi connectivity index (χ2v) is 10.5. The lowest BCUT2D eigenvalue weighted by Crippen LogP contribution is -2.49. The van der Waals surface area contributed by atoms with Gasteiger partial charge in [0.05, 0.1) is 28.4 Å². The van der Waals surface area contributed by atoms with Crippen molar-refractivity contribution >= 4 is 21.4 Å². The maximum atomic E-state index is 14.7. The maximum Gasteiger partial charge on any atom is 0.257 e. The molecule has 2 aromatic carbocycles. The van der Waals surface area contributed by atoms with Crippen LogP contribution in [-0.4, -0.2) is 62.9 Å². The Hall–Kier alpha value is -2.65. The predicted octanol–water partition coefficient (Wildman–Crippen LogP) is 3.42. The molecule has 1 amide bonds. The van der Waals surface area contributed by atoms with Gasteiger partial charge in [0.15, 0.2) is 9.84 Å². The highest BCUT2D eigenvalue weighted by Gasteiger charge is 2.27. The topological polar surface area (TPSA) is 87.2 Å². The third-order valence-corrected chi connectivity index (χ3v) is 6.73. The number of rotatable bonds is 7. The van der Waals surface area contributed by atoms with Crippen molar-refractivity contribution in [2.75, 3.05) is 37.3 Å². The van der Waals surface area contributed by atoms with Gasteiger partial charge in [0, 0.05) is 32.4 Å². The Morgan fingerprint density at radius 2 is 1.79 bits per heavy atom. The van der Waals surface area contributed by atoms with Crippen molar-refractivity contribution in [2.45, 2.75) is 44.3 Å². The van der Waals surface area contributed by atoms with E-state index in [9.17, 15) is 22.7 Å². The molecule has 1 aliphatic heterocycles. The summed E-state index contributed by atoms with van der Waals surface area (Å²) < 4.78 is 44.4. The molecule has 1 aliphatic rings. The zero-order chi connectivity index (χ0) is 24.3. The maximum absolute atomic E-state index is 14.7. The third-order valence-electron chi connectivity index (χ3n) is 5.62. The van der Waals surface area contributed by atoms with E-state index < -0.39 is 21.8 Å². The molecule has 1 fully saturated rings. The van der Waals surface area contributed by atoms with Crippen LogP contribution in [0.5, 0.6) is 5.75 Å². The van der Waals surface area contributed by atoms with Crippen molar-refractivity contribution in [3.8, 4) is 5.75 Å². The lowest BCUT2D eigenvalue weighted by Gasteiger charge is -2.36. The van der Waals surface area contributed by atoms with Crippen LogP contribution in [0.4, 0.5) is 10.1 Å². The van der Waals surface area contributed by atoms with Gasteiger partial charge in [0.2, 0.25) is 0 Å². The Morgan fingerprint density at radius 3 is 2.33 bits per heavy atom. The van der Waals surface area contributed by atoms with E-state index in [0.29, 0.717) is 49.6 Å². The molecule has 1 unspecified atom stereocenters. The Labute approximate surface area is 194 Å². The van der Waals surface area contributed by atoms with E-state index in [-0.39, 0.29) is 22.5 Å². The Morgan fingerprint density at radius 1 is 1.12 bits per heavy atom. The minimum atomic E-state index is -3.49. The van der Waals surface area contributed by atoms with Gasteiger partial charge in [-0.2, -0.15) is 0 Å². The number of halogens is 1. The zero-order valence-electron chi connectivity index (χ0n) is 19.4. The molecule has 1 saturated heterocycles. The van der Waals surface area contributed by atoms with Gasteiger partial charge in [-0.1, -0.05) is 13.0 Å². The number of amides is 1. The third kappa shape index (κ3) is 5.83. The van der Waals surface area contributed by atoms with Crippen molar-refractivity contribution in [3.63, 3.8) is 0 Å². The van der Waals surface area contributed by atoms with Crippen LogP contribution in [0.25, 0.3) is 0 Å². The summed E-state index contributed by atoms with van der Waals surface area (Å²) in [5, 5.41) is 9.93. The van der Waals surface area contributed by atoms with Crippen LogP contribution in [-0.2, 0) is 9.84 Å². The molecule has 0 spiro atoms. The number of nitrogens with zero attached hydrogens (tertiary/aromatic N) is 2. The number of benzene rings is 2. The minimum absolute atomic E-state index is 0.0528. The molecule has 3 rings (SSSR count). The van der Waals surface area contributed by atoms with Crippen LogP contribution >= 0.6 is 0 Å². The average molecular weight is 479 g/mol. The first-order valence-corrected chi connectivity index (χ1v) is 12.9. The number of carbonyl (C=O) groups excluding carboxylic acids is 1. The van der Waals surface area contributed by atoms with E-state index >= 15 is 0 Å². The first-order chi connectivity index (χ1) is 15.5.